The molecule has 1 atom stereocenters. The van der Waals surface area contributed by atoms with E-state index < -0.39 is 5.66 Å². The molecule has 146 valence electrons. The summed E-state index contributed by atoms with van der Waals surface area (Å²) in [6, 6.07) is 12.5. The first-order chi connectivity index (χ1) is 13.3. The van der Waals surface area contributed by atoms with Gasteiger partial charge in [0, 0.05) is 34.1 Å². The number of hydrogen-bond donors (Lipinski definition) is 1. The van der Waals surface area contributed by atoms with Crippen LogP contribution >= 0.6 is 15.9 Å². The largest absolute Gasteiger partial charge is 0.496 e. The first kappa shape index (κ1) is 19.1. The van der Waals surface area contributed by atoms with Crippen LogP contribution in [0.5, 0.6) is 5.75 Å². The lowest BCUT2D eigenvalue weighted by Crippen LogP contribution is -2.68. The molecule has 0 bridgehead atoms. The van der Waals surface area contributed by atoms with Crippen LogP contribution in [-0.4, -0.2) is 25.2 Å². The number of anilines is 1. The van der Waals surface area contributed by atoms with Crippen LogP contribution in [0.3, 0.4) is 0 Å². The molecule has 1 unspecified atom stereocenters. The third-order valence-electron chi connectivity index (χ3n) is 6.08. The highest BCUT2D eigenvalue weighted by molar-refractivity contribution is 9.10. The second-order valence-corrected chi connectivity index (χ2v) is 9.00. The molecule has 0 aliphatic carbocycles. The lowest BCUT2D eigenvalue weighted by Gasteiger charge is -2.49. The van der Waals surface area contributed by atoms with E-state index in [0.29, 0.717) is 13.0 Å². The number of nitrogens with one attached hydrogen (secondary N) is 1. The third-order valence-corrected chi connectivity index (χ3v) is 6.58. The van der Waals surface area contributed by atoms with Gasteiger partial charge in [-0.2, -0.15) is 0 Å². The second kappa shape index (κ2) is 6.66. The predicted molar refractivity (Wildman–Crippen MR) is 117 cm³/mol. The average Bonchev–Trinajstić information content (AvgIpc) is 2.84. The zero-order valence-corrected chi connectivity index (χ0v) is 18.3. The number of methoxy groups -OCH3 is 1. The summed E-state index contributed by atoms with van der Waals surface area (Å²) >= 11 is 3.54. The summed E-state index contributed by atoms with van der Waals surface area (Å²) in [5.74, 6) is 0.883. The Labute approximate surface area is 174 Å². The monoisotopic (exact) mass is 440 g/mol. The molecule has 2 aliphatic heterocycles. The topological polar surface area (TPSA) is 41.6 Å². The molecule has 0 saturated carbocycles. The first-order valence-electron chi connectivity index (χ1n) is 9.51. The van der Waals surface area contributed by atoms with Gasteiger partial charge in [-0.3, -0.25) is 4.79 Å². The highest BCUT2D eigenvalue weighted by Gasteiger charge is 2.57. The minimum atomic E-state index is -0.619. The van der Waals surface area contributed by atoms with Gasteiger partial charge in [0.1, 0.15) is 11.4 Å². The van der Waals surface area contributed by atoms with Crippen molar-refractivity contribution in [1.82, 2.24) is 5.32 Å². The van der Waals surface area contributed by atoms with Crippen molar-refractivity contribution in [3.8, 4) is 5.75 Å². The zero-order valence-electron chi connectivity index (χ0n) is 16.7. The van der Waals surface area contributed by atoms with E-state index in [4.69, 9.17) is 4.74 Å². The summed E-state index contributed by atoms with van der Waals surface area (Å²) in [7, 11) is 1.67. The molecule has 28 heavy (non-hydrogen) atoms. The number of benzene rings is 2. The number of amides is 1. The average molecular weight is 441 g/mol. The lowest BCUT2D eigenvalue weighted by atomic mass is 9.74. The fraction of sp³-hybridized carbons (Fsp3) is 0.348. The van der Waals surface area contributed by atoms with Crippen molar-refractivity contribution in [2.24, 2.45) is 0 Å². The van der Waals surface area contributed by atoms with E-state index in [-0.39, 0.29) is 11.3 Å². The van der Waals surface area contributed by atoms with E-state index in [9.17, 15) is 4.79 Å². The van der Waals surface area contributed by atoms with Gasteiger partial charge >= 0.3 is 0 Å². The Hall–Kier alpha value is -2.27. The molecule has 2 heterocycles. The summed E-state index contributed by atoms with van der Waals surface area (Å²) < 4.78 is 6.51. The van der Waals surface area contributed by atoms with Crippen molar-refractivity contribution >= 4 is 33.6 Å². The Balaban J connectivity index is 1.87. The molecule has 2 aromatic carbocycles. The number of carbonyl (C=O) groups is 1. The van der Waals surface area contributed by atoms with Crippen molar-refractivity contribution in [2.45, 2.75) is 38.3 Å². The van der Waals surface area contributed by atoms with Crippen LogP contribution in [0, 0.1) is 6.92 Å². The quantitative estimate of drug-likeness (QED) is 0.745. The van der Waals surface area contributed by atoms with Crippen LogP contribution < -0.4 is 15.0 Å². The Morgan fingerprint density at radius 1 is 1.21 bits per heavy atom. The van der Waals surface area contributed by atoms with Crippen molar-refractivity contribution in [1.29, 1.82) is 0 Å². The molecule has 4 nitrogen and oxygen atoms in total. The molecule has 5 heteroatoms. The molecule has 1 fully saturated rings. The maximum Gasteiger partial charge on any atom is 0.223 e. The van der Waals surface area contributed by atoms with Crippen LogP contribution in [-0.2, 0) is 10.2 Å². The number of aryl methyl sites for hydroxylation is 1. The fourth-order valence-electron chi connectivity index (χ4n) is 4.51. The van der Waals surface area contributed by atoms with Crippen LogP contribution in [0.2, 0.25) is 0 Å². The molecular formula is C23H25BrN2O2. The summed E-state index contributed by atoms with van der Waals surface area (Å²) in [6.07, 6.45) is 4.69. The summed E-state index contributed by atoms with van der Waals surface area (Å²) in [5.41, 5.74) is 3.74. The summed E-state index contributed by atoms with van der Waals surface area (Å²) in [6.45, 7) is 7.23. The van der Waals surface area contributed by atoms with Gasteiger partial charge in [0.05, 0.1) is 7.11 Å². The van der Waals surface area contributed by atoms with Crippen molar-refractivity contribution < 1.29 is 9.53 Å². The predicted octanol–water partition coefficient (Wildman–Crippen LogP) is 4.79. The number of carbonyl (C=O) groups excluding carboxylic acids is 1. The smallest absolute Gasteiger partial charge is 0.223 e. The Bertz CT molecular complexity index is 983. The van der Waals surface area contributed by atoms with E-state index >= 15 is 0 Å². The fourth-order valence-corrected chi connectivity index (χ4v) is 4.89. The summed E-state index contributed by atoms with van der Waals surface area (Å²) in [5, 5.41) is 3.32. The normalized spacial score (nSPS) is 22.8. The Kier molecular flexibility index (Phi) is 4.53. The SMILES string of the molecule is COc1ccc(Br)cc1C=CC12NC(=O)CCN1c1ccc(C)cc1C2(C)C. The number of nitrogens with zero attached hydrogens (tertiary/aromatic N) is 1. The zero-order chi connectivity index (χ0) is 20.1. The first-order valence-corrected chi connectivity index (χ1v) is 10.3. The van der Waals surface area contributed by atoms with Gasteiger partial charge in [0.15, 0.2) is 0 Å². The van der Waals surface area contributed by atoms with Crippen molar-refractivity contribution in [3.05, 3.63) is 63.6 Å². The minimum absolute atomic E-state index is 0.0831. The second-order valence-electron chi connectivity index (χ2n) is 8.08. The van der Waals surface area contributed by atoms with Crippen LogP contribution in [0.1, 0.15) is 37.0 Å². The van der Waals surface area contributed by atoms with Gasteiger partial charge in [-0.15, -0.1) is 0 Å². The van der Waals surface area contributed by atoms with E-state index in [0.717, 1.165) is 15.8 Å². The van der Waals surface area contributed by atoms with Gasteiger partial charge in [-0.05, 0) is 42.8 Å². The molecule has 2 aliphatic rings. The molecule has 0 spiro atoms. The standard InChI is InChI=1S/C23H25BrN2O2/c1-15-5-7-19-18(13-15)22(2,3)23(25-21(27)10-12-26(19)23)11-9-16-14-17(24)6-8-20(16)28-4/h5-9,11,13-14H,10,12H2,1-4H3,(H,25,27). The van der Waals surface area contributed by atoms with Crippen LogP contribution in [0.25, 0.3) is 6.08 Å². The molecule has 1 N–H and O–H groups in total. The van der Waals surface area contributed by atoms with E-state index in [1.165, 1.54) is 16.8 Å². The number of rotatable bonds is 3. The molecule has 1 amide bonds. The number of halogens is 1. The number of hydrogen-bond acceptors (Lipinski definition) is 3. The Morgan fingerprint density at radius 2 is 2.00 bits per heavy atom. The van der Waals surface area contributed by atoms with Gasteiger partial charge in [-0.25, -0.2) is 0 Å². The molecular weight excluding hydrogens is 416 g/mol. The van der Waals surface area contributed by atoms with E-state index in [2.05, 4.69) is 77.3 Å². The van der Waals surface area contributed by atoms with E-state index in [1.54, 1.807) is 7.11 Å². The lowest BCUT2D eigenvalue weighted by molar-refractivity contribution is -0.124. The van der Waals surface area contributed by atoms with Gasteiger partial charge in [0.2, 0.25) is 5.91 Å². The van der Waals surface area contributed by atoms with Crippen molar-refractivity contribution in [2.75, 3.05) is 18.6 Å². The van der Waals surface area contributed by atoms with E-state index in [1.807, 2.05) is 18.2 Å². The Morgan fingerprint density at radius 3 is 2.75 bits per heavy atom. The van der Waals surface area contributed by atoms with Gasteiger partial charge in [-0.1, -0.05) is 53.5 Å². The summed E-state index contributed by atoms with van der Waals surface area (Å²) in [4.78, 5) is 14.8. The maximum absolute atomic E-state index is 12.5. The van der Waals surface area contributed by atoms with Crippen LogP contribution in [0.15, 0.2) is 46.9 Å². The molecule has 2 aromatic rings. The number of ether oxygens (including phenoxy) is 1. The molecule has 1 saturated heterocycles. The van der Waals surface area contributed by atoms with Crippen molar-refractivity contribution in [3.63, 3.8) is 0 Å². The molecule has 0 aromatic heterocycles. The minimum Gasteiger partial charge on any atom is -0.496 e. The third kappa shape index (κ3) is 2.75. The number of fused-ring (bicyclic) bond motifs is 3. The molecule has 0 radical (unpaired) electrons. The maximum atomic E-state index is 12.5. The van der Waals surface area contributed by atoms with Gasteiger partial charge in [0.25, 0.3) is 0 Å². The molecule has 4 rings (SSSR count). The van der Waals surface area contributed by atoms with Gasteiger partial charge < -0.3 is 15.0 Å². The highest BCUT2D eigenvalue weighted by Crippen LogP contribution is 2.52. The highest BCUT2D eigenvalue weighted by atomic mass is 79.9. The van der Waals surface area contributed by atoms with Crippen LogP contribution in [0.4, 0.5) is 5.69 Å².